The monoisotopic (exact) mass is 254 g/mol. The van der Waals surface area contributed by atoms with Crippen LogP contribution in [0.25, 0.3) is 0 Å². The minimum atomic E-state index is -0.233. The summed E-state index contributed by atoms with van der Waals surface area (Å²) in [6.07, 6.45) is 0. The number of aliphatic hydroxyl groups excluding tert-OH is 1. The molecule has 0 amide bonds. The van der Waals surface area contributed by atoms with Crippen LogP contribution in [0.15, 0.2) is 24.3 Å². The highest BCUT2D eigenvalue weighted by molar-refractivity contribution is 5.46. The minimum absolute atomic E-state index is 0.00628. The first-order valence-corrected chi connectivity index (χ1v) is 6.44. The highest BCUT2D eigenvalue weighted by atomic mass is 19.1. The molecule has 4 heteroatoms. The Morgan fingerprint density at radius 2 is 2.11 bits per heavy atom. The zero-order chi connectivity index (χ0) is 13.5. The van der Waals surface area contributed by atoms with E-state index >= 15 is 0 Å². The van der Waals surface area contributed by atoms with Crippen LogP contribution in [0.4, 0.5) is 10.1 Å². The number of hydrogen-bond acceptors (Lipinski definition) is 3. The normalized spacial score (nSPS) is 12.8. The Labute approximate surface area is 109 Å². The van der Waals surface area contributed by atoms with E-state index < -0.39 is 0 Å². The van der Waals surface area contributed by atoms with Crippen molar-refractivity contribution in [1.29, 1.82) is 0 Å². The first-order chi connectivity index (χ1) is 8.56. The molecular formula is C14H23FN2O. The van der Waals surface area contributed by atoms with Crippen molar-refractivity contribution < 1.29 is 9.50 Å². The summed E-state index contributed by atoms with van der Waals surface area (Å²) in [5.74, 6) is -0.233. The van der Waals surface area contributed by atoms with E-state index in [1.165, 1.54) is 12.1 Å². The average molecular weight is 254 g/mol. The fourth-order valence-electron chi connectivity index (χ4n) is 1.99. The standard InChI is InChI=1S/C14H23FN2O/c1-4-17(9-13(10-18)16-11(2)3)14-7-5-6-12(15)8-14/h5-8,11,13,16,18H,4,9-10H2,1-3H3. The van der Waals surface area contributed by atoms with E-state index in [2.05, 4.69) is 10.2 Å². The topological polar surface area (TPSA) is 35.5 Å². The van der Waals surface area contributed by atoms with Gasteiger partial charge in [-0.25, -0.2) is 4.39 Å². The summed E-state index contributed by atoms with van der Waals surface area (Å²) in [4.78, 5) is 2.05. The van der Waals surface area contributed by atoms with Crippen LogP contribution in [0.3, 0.4) is 0 Å². The quantitative estimate of drug-likeness (QED) is 0.781. The van der Waals surface area contributed by atoms with Gasteiger partial charge in [0.25, 0.3) is 0 Å². The van der Waals surface area contributed by atoms with Gasteiger partial charge in [0.1, 0.15) is 5.82 Å². The second kappa shape index (κ2) is 7.34. The number of aliphatic hydroxyl groups is 1. The SMILES string of the molecule is CCN(CC(CO)NC(C)C)c1cccc(F)c1. The molecule has 0 radical (unpaired) electrons. The summed E-state index contributed by atoms with van der Waals surface area (Å²) < 4.78 is 13.2. The number of rotatable bonds is 7. The first kappa shape index (κ1) is 14.9. The molecule has 2 N–H and O–H groups in total. The molecule has 0 aliphatic carbocycles. The van der Waals surface area contributed by atoms with E-state index in [-0.39, 0.29) is 18.5 Å². The van der Waals surface area contributed by atoms with Gasteiger partial charge in [0.05, 0.1) is 6.61 Å². The number of likely N-dealkylation sites (N-methyl/N-ethyl adjacent to an activating group) is 1. The zero-order valence-electron chi connectivity index (χ0n) is 11.4. The van der Waals surface area contributed by atoms with Gasteiger partial charge in [-0.3, -0.25) is 0 Å². The molecule has 3 nitrogen and oxygen atoms in total. The van der Waals surface area contributed by atoms with Gasteiger partial charge in [0.15, 0.2) is 0 Å². The fourth-order valence-corrected chi connectivity index (χ4v) is 1.99. The molecule has 0 aromatic heterocycles. The molecule has 0 saturated heterocycles. The first-order valence-electron chi connectivity index (χ1n) is 6.44. The van der Waals surface area contributed by atoms with Gasteiger partial charge in [0.2, 0.25) is 0 Å². The van der Waals surface area contributed by atoms with Gasteiger partial charge in [-0.15, -0.1) is 0 Å². The summed E-state index contributed by atoms with van der Waals surface area (Å²) >= 11 is 0. The van der Waals surface area contributed by atoms with Gasteiger partial charge < -0.3 is 15.3 Å². The summed E-state index contributed by atoms with van der Waals surface area (Å²) in [7, 11) is 0. The van der Waals surface area contributed by atoms with Crippen molar-refractivity contribution in [2.45, 2.75) is 32.9 Å². The molecule has 0 bridgehead atoms. The van der Waals surface area contributed by atoms with Crippen molar-refractivity contribution in [2.24, 2.45) is 0 Å². The Kier molecular flexibility index (Phi) is 6.09. The number of nitrogens with zero attached hydrogens (tertiary/aromatic N) is 1. The number of anilines is 1. The molecule has 0 fully saturated rings. The molecule has 102 valence electrons. The van der Waals surface area contributed by atoms with Crippen LogP contribution in [0.1, 0.15) is 20.8 Å². The molecule has 0 heterocycles. The van der Waals surface area contributed by atoms with E-state index in [1.54, 1.807) is 6.07 Å². The van der Waals surface area contributed by atoms with Crippen LogP contribution in [0.2, 0.25) is 0 Å². The van der Waals surface area contributed by atoms with Gasteiger partial charge in [-0.2, -0.15) is 0 Å². The molecular weight excluding hydrogens is 231 g/mol. The zero-order valence-corrected chi connectivity index (χ0v) is 11.4. The van der Waals surface area contributed by atoms with Crippen molar-refractivity contribution in [1.82, 2.24) is 5.32 Å². The largest absolute Gasteiger partial charge is 0.395 e. The Morgan fingerprint density at radius 3 is 2.61 bits per heavy atom. The second-order valence-electron chi connectivity index (χ2n) is 4.72. The van der Waals surface area contributed by atoms with Gasteiger partial charge in [-0.05, 0) is 25.1 Å². The second-order valence-corrected chi connectivity index (χ2v) is 4.72. The number of nitrogens with one attached hydrogen (secondary N) is 1. The molecule has 1 rings (SSSR count). The molecule has 1 aromatic rings. The molecule has 0 spiro atoms. The Morgan fingerprint density at radius 1 is 1.39 bits per heavy atom. The molecule has 0 aliphatic rings. The molecule has 1 aromatic carbocycles. The lowest BCUT2D eigenvalue weighted by Crippen LogP contribution is -2.46. The van der Waals surface area contributed by atoms with Crippen molar-refractivity contribution >= 4 is 5.69 Å². The number of hydrogen-bond donors (Lipinski definition) is 2. The average Bonchev–Trinajstić information content (AvgIpc) is 2.33. The maximum atomic E-state index is 13.2. The molecule has 1 unspecified atom stereocenters. The van der Waals surface area contributed by atoms with Crippen LogP contribution in [0.5, 0.6) is 0 Å². The molecule has 0 saturated carbocycles. The van der Waals surface area contributed by atoms with Crippen LogP contribution in [-0.2, 0) is 0 Å². The Hall–Kier alpha value is -1.13. The van der Waals surface area contributed by atoms with E-state index in [9.17, 15) is 9.50 Å². The van der Waals surface area contributed by atoms with E-state index in [1.807, 2.05) is 26.8 Å². The summed E-state index contributed by atoms with van der Waals surface area (Å²) in [5, 5.41) is 12.7. The van der Waals surface area contributed by atoms with Gasteiger partial charge >= 0.3 is 0 Å². The number of benzene rings is 1. The third-order valence-corrected chi connectivity index (χ3v) is 2.79. The molecule has 1 atom stereocenters. The summed E-state index contributed by atoms with van der Waals surface area (Å²) in [5.41, 5.74) is 0.849. The predicted molar refractivity (Wildman–Crippen MR) is 73.4 cm³/mol. The van der Waals surface area contributed by atoms with E-state index in [0.717, 1.165) is 12.2 Å². The maximum Gasteiger partial charge on any atom is 0.125 e. The maximum absolute atomic E-state index is 13.2. The van der Waals surface area contributed by atoms with Crippen LogP contribution >= 0.6 is 0 Å². The summed E-state index contributed by atoms with van der Waals surface area (Å²) in [6, 6.07) is 6.86. The van der Waals surface area contributed by atoms with Crippen LogP contribution in [0, 0.1) is 5.82 Å². The highest BCUT2D eigenvalue weighted by Gasteiger charge is 2.14. The van der Waals surface area contributed by atoms with Gasteiger partial charge in [0, 0.05) is 30.9 Å². The molecule has 0 aliphatic heterocycles. The lowest BCUT2D eigenvalue weighted by atomic mass is 10.2. The van der Waals surface area contributed by atoms with Crippen molar-refractivity contribution in [2.75, 3.05) is 24.6 Å². The van der Waals surface area contributed by atoms with Gasteiger partial charge in [-0.1, -0.05) is 19.9 Å². The van der Waals surface area contributed by atoms with Crippen molar-refractivity contribution in [3.05, 3.63) is 30.1 Å². The summed E-state index contributed by atoms with van der Waals surface area (Å²) in [6.45, 7) is 7.62. The van der Waals surface area contributed by atoms with Crippen LogP contribution < -0.4 is 10.2 Å². The third-order valence-electron chi connectivity index (χ3n) is 2.79. The fraction of sp³-hybridized carbons (Fsp3) is 0.571. The Bertz CT molecular complexity index is 357. The lowest BCUT2D eigenvalue weighted by molar-refractivity contribution is 0.237. The Balaban J connectivity index is 2.71. The van der Waals surface area contributed by atoms with E-state index in [4.69, 9.17) is 0 Å². The lowest BCUT2D eigenvalue weighted by Gasteiger charge is -2.29. The van der Waals surface area contributed by atoms with Crippen LogP contribution in [-0.4, -0.2) is 36.9 Å². The van der Waals surface area contributed by atoms with E-state index in [0.29, 0.717) is 12.6 Å². The smallest absolute Gasteiger partial charge is 0.125 e. The minimum Gasteiger partial charge on any atom is -0.395 e. The number of halogens is 1. The molecule has 18 heavy (non-hydrogen) atoms. The van der Waals surface area contributed by atoms with Crippen molar-refractivity contribution in [3.63, 3.8) is 0 Å². The third kappa shape index (κ3) is 4.63. The van der Waals surface area contributed by atoms with Crippen molar-refractivity contribution in [3.8, 4) is 0 Å². The predicted octanol–water partition coefficient (Wildman–Crippen LogP) is 2.01. The highest BCUT2D eigenvalue weighted by Crippen LogP contribution is 2.15.